The van der Waals surface area contributed by atoms with Crippen molar-refractivity contribution in [1.29, 1.82) is 0 Å². The second kappa shape index (κ2) is 6.95. The number of nitrogens with two attached hydrogens (primary N) is 1. The first-order valence-electron chi connectivity index (χ1n) is 5.59. The largest absolute Gasteiger partial charge is 0.484 e. The molecule has 0 fully saturated rings. The van der Waals surface area contributed by atoms with Gasteiger partial charge in [0.05, 0.1) is 5.75 Å². The molecule has 0 aliphatic rings. The van der Waals surface area contributed by atoms with Gasteiger partial charge in [-0.3, -0.25) is 4.79 Å². The topological polar surface area (TPSA) is 111 Å². The number of anilines is 1. The number of ether oxygens (including phenoxy) is 1. The minimum absolute atomic E-state index is 0.0301. The summed E-state index contributed by atoms with van der Waals surface area (Å²) in [6, 6.07) is 6.69. The van der Waals surface area contributed by atoms with Gasteiger partial charge in [-0.15, -0.1) is 0 Å². The highest BCUT2D eigenvalue weighted by molar-refractivity contribution is 7.89. The molecular formula is C11H17N3O4S. The molecule has 1 aromatic rings. The van der Waals surface area contributed by atoms with Crippen molar-refractivity contribution in [3.05, 3.63) is 24.3 Å². The van der Waals surface area contributed by atoms with E-state index in [4.69, 9.17) is 10.5 Å². The lowest BCUT2D eigenvalue weighted by Crippen LogP contribution is -2.35. The van der Waals surface area contributed by atoms with Crippen molar-refractivity contribution in [3.63, 3.8) is 0 Å². The fraction of sp³-hybridized carbons (Fsp3) is 0.364. The zero-order valence-electron chi connectivity index (χ0n) is 10.5. The SMILES string of the molecule is CNS(=O)(=O)CCNC(=O)COc1cccc(N)c1. The summed E-state index contributed by atoms with van der Waals surface area (Å²) in [5.41, 5.74) is 6.09. The van der Waals surface area contributed by atoms with Crippen molar-refractivity contribution < 1.29 is 17.9 Å². The van der Waals surface area contributed by atoms with Crippen LogP contribution in [0, 0.1) is 0 Å². The molecule has 0 radical (unpaired) electrons. The number of amides is 1. The quantitative estimate of drug-likeness (QED) is 0.575. The van der Waals surface area contributed by atoms with Crippen LogP contribution < -0.4 is 20.5 Å². The van der Waals surface area contributed by atoms with Gasteiger partial charge < -0.3 is 15.8 Å². The van der Waals surface area contributed by atoms with Crippen molar-refractivity contribution in [1.82, 2.24) is 10.0 Å². The summed E-state index contributed by atoms with van der Waals surface area (Å²) in [6.07, 6.45) is 0. The lowest BCUT2D eigenvalue weighted by Gasteiger charge is -2.08. The van der Waals surface area contributed by atoms with E-state index in [9.17, 15) is 13.2 Å². The van der Waals surface area contributed by atoms with E-state index in [0.717, 1.165) is 0 Å². The Balaban J connectivity index is 2.29. The summed E-state index contributed by atoms with van der Waals surface area (Å²) in [7, 11) is -1.99. The molecule has 1 aromatic carbocycles. The molecule has 7 nitrogen and oxygen atoms in total. The number of rotatable bonds is 7. The van der Waals surface area contributed by atoms with E-state index in [-0.39, 0.29) is 18.9 Å². The number of nitrogen functional groups attached to an aromatic ring is 1. The van der Waals surface area contributed by atoms with E-state index in [1.54, 1.807) is 24.3 Å². The molecule has 0 atom stereocenters. The average Bonchev–Trinajstić information content (AvgIpc) is 2.36. The van der Waals surface area contributed by atoms with Gasteiger partial charge >= 0.3 is 0 Å². The molecular weight excluding hydrogens is 270 g/mol. The van der Waals surface area contributed by atoms with Crippen LogP contribution in [-0.2, 0) is 14.8 Å². The molecule has 19 heavy (non-hydrogen) atoms. The number of carbonyl (C=O) groups is 1. The lowest BCUT2D eigenvalue weighted by atomic mass is 10.3. The van der Waals surface area contributed by atoms with Gasteiger partial charge in [0.15, 0.2) is 6.61 Å². The van der Waals surface area contributed by atoms with E-state index in [2.05, 4.69) is 10.0 Å². The minimum Gasteiger partial charge on any atom is -0.484 e. The van der Waals surface area contributed by atoms with Crippen LogP contribution in [0.4, 0.5) is 5.69 Å². The second-order valence-electron chi connectivity index (χ2n) is 3.73. The monoisotopic (exact) mass is 287 g/mol. The molecule has 0 saturated heterocycles. The Morgan fingerprint density at radius 3 is 2.79 bits per heavy atom. The van der Waals surface area contributed by atoms with Crippen LogP contribution in [0.25, 0.3) is 0 Å². The van der Waals surface area contributed by atoms with Crippen molar-refractivity contribution in [3.8, 4) is 5.75 Å². The van der Waals surface area contributed by atoms with E-state index in [1.165, 1.54) is 7.05 Å². The van der Waals surface area contributed by atoms with Crippen LogP contribution in [0.3, 0.4) is 0 Å². The maximum Gasteiger partial charge on any atom is 0.257 e. The molecule has 0 heterocycles. The van der Waals surface area contributed by atoms with Gasteiger partial charge in [0.2, 0.25) is 10.0 Å². The normalized spacial score (nSPS) is 11.0. The Kier molecular flexibility index (Phi) is 5.58. The number of hydrogen-bond acceptors (Lipinski definition) is 5. The number of benzene rings is 1. The zero-order valence-corrected chi connectivity index (χ0v) is 11.4. The summed E-state index contributed by atoms with van der Waals surface area (Å²) < 4.78 is 29.5. The molecule has 0 spiro atoms. The molecule has 0 unspecified atom stereocenters. The van der Waals surface area contributed by atoms with E-state index in [0.29, 0.717) is 11.4 Å². The molecule has 8 heteroatoms. The maximum absolute atomic E-state index is 11.4. The summed E-state index contributed by atoms with van der Waals surface area (Å²) in [4.78, 5) is 11.4. The molecule has 106 valence electrons. The highest BCUT2D eigenvalue weighted by Crippen LogP contribution is 2.13. The Labute approximate surface area is 112 Å². The summed E-state index contributed by atoms with van der Waals surface area (Å²) in [5, 5.41) is 2.44. The molecule has 0 aromatic heterocycles. The standard InChI is InChI=1S/C11H17N3O4S/c1-13-19(16,17)6-5-14-11(15)8-18-10-4-2-3-9(12)7-10/h2-4,7,13H,5-6,8,12H2,1H3,(H,14,15). The van der Waals surface area contributed by atoms with Gasteiger partial charge in [0.1, 0.15) is 5.75 Å². The molecule has 1 amide bonds. The van der Waals surface area contributed by atoms with Gasteiger partial charge in [-0.25, -0.2) is 13.1 Å². The number of sulfonamides is 1. The zero-order chi connectivity index (χ0) is 14.3. The minimum atomic E-state index is -3.31. The van der Waals surface area contributed by atoms with Crippen LogP contribution in [0.15, 0.2) is 24.3 Å². The van der Waals surface area contributed by atoms with Crippen molar-refractivity contribution in [2.75, 3.05) is 31.7 Å². The molecule has 0 bridgehead atoms. The predicted octanol–water partition coefficient (Wildman–Crippen LogP) is -0.687. The molecule has 0 aliphatic heterocycles. The Bertz CT molecular complexity index is 530. The van der Waals surface area contributed by atoms with Gasteiger partial charge in [0, 0.05) is 18.3 Å². The van der Waals surface area contributed by atoms with E-state index >= 15 is 0 Å². The second-order valence-corrected chi connectivity index (χ2v) is 5.78. The van der Waals surface area contributed by atoms with Gasteiger partial charge in [-0.1, -0.05) is 6.07 Å². The highest BCUT2D eigenvalue weighted by atomic mass is 32.2. The van der Waals surface area contributed by atoms with Crippen LogP contribution in [0.5, 0.6) is 5.75 Å². The fourth-order valence-electron chi connectivity index (χ4n) is 1.23. The summed E-state index contributed by atoms with van der Waals surface area (Å²) in [5.74, 6) is -0.0835. The van der Waals surface area contributed by atoms with Crippen molar-refractivity contribution in [2.24, 2.45) is 0 Å². The summed E-state index contributed by atoms with van der Waals surface area (Å²) >= 11 is 0. The predicted molar refractivity (Wildman–Crippen MR) is 72.2 cm³/mol. The molecule has 1 rings (SSSR count). The first kappa shape index (κ1) is 15.3. The first-order chi connectivity index (χ1) is 8.93. The van der Waals surface area contributed by atoms with E-state index < -0.39 is 15.9 Å². The number of nitrogens with one attached hydrogen (secondary N) is 2. The average molecular weight is 287 g/mol. The third kappa shape index (κ3) is 6.07. The molecule has 0 aliphatic carbocycles. The third-order valence-corrected chi connectivity index (χ3v) is 3.60. The Morgan fingerprint density at radius 2 is 2.16 bits per heavy atom. The van der Waals surface area contributed by atoms with Crippen LogP contribution >= 0.6 is 0 Å². The fourth-order valence-corrected chi connectivity index (χ4v) is 1.81. The Hall–Kier alpha value is -1.80. The maximum atomic E-state index is 11.4. The van der Waals surface area contributed by atoms with Crippen LogP contribution in [-0.4, -0.2) is 40.3 Å². The van der Waals surface area contributed by atoms with Crippen LogP contribution in [0.2, 0.25) is 0 Å². The lowest BCUT2D eigenvalue weighted by molar-refractivity contribution is -0.122. The summed E-state index contributed by atoms with van der Waals surface area (Å²) in [6.45, 7) is -0.161. The van der Waals surface area contributed by atoms with Gasteiger partial charge in [-0.05, 0) is 19.2 Å². The van der Waals surface area contributed by atoms with Crippen molar-refractivity contribution in [2.45, 2.75) is 0 Å². The highest BCUT2D eigenvalue weighted by Gasteiger charge is 2.08. The number of hydrogen-bond donors (Lipinski definition) is 3. The molecule has 4 N–H and O–H groups in total. The van der Waals surface area contributed by atoms with Crippen LogP contribution in [0.1, 0.15) is 0 Å². The van der Waals surface area contributed by atoms with Gasteiger partial charge in [-0.2, -0.15) is 0 Å². The number of carbonyl (C=O) groups excluding carboxylic acids is 1. The smallest absolute Gasteiger partial charge is 0.257 e. The third-order valence-electron chi connectivity index (χ3n) is 2.23. The van der Waals surface area contributed by atoms with Gasteiger partial charge in [0.25, 0.3) is 5.91 Å². The Morgan fingerprint density at radius 1 is 1.42 bits per heavy atom. The van der Waals surface area contributed by atoms with Crippen molar-refractivity contribution >= 4 is 21.6 Å². The molecule has 0 saturated carbocycles. The van der Waals surface area contributed by atoms with E-state index in [1.807, 2.05) is 0 Å². The first-order valence-corrected chi connectivity index (χ1v) is 7.24.